The van der Waals surface area contributed by atoms with Crippen LogP contribution < -0.4 is 10.2 Å². The maximum absolute atomic E-state index is 3.55. The molecular formula is C15H24N2S. The first-order chi connectivity index (χ1) is 8.70. The third kappa shape index (κ3) is 3.92. The van der Waals surface area contributed by atoms with E-state index in [9.17, 15) is 0 Å². The lowest BCUT2D eigenvalue weighted by Crippen LogP contribution is -2.30. The van der Waals surface area contributed by atoms with Crippen LogP contribution in [0.5, 0.6) is 0 Å². The number of thioether (sulfide) groups is 1. The summed E-state index contributed by atoms with van der Waals surface area (Å²) < 4.78 is 0. The molecule has 1 aliphatic rings. The molecule has 1 aliphatic carbocycles. The molecule has 2 rings (SSSR count). The summed E-state index contributed by atoms with van der Waals surface area (Å²) in [6.45, 7) is 3.29. The molecule has 1 aromatic carbocycles. The smallest absolute Gasteiger partial charge is 0.0366 e. The van der Waals surface area contributed by atoms with Crippen LogP contribution in [0.15, 0.2) is 24.3 Å². The van der Waals surface area contributed by atoms with Gasteiger partial charge in [-0.1, -0.05) is 12.1 Å². The Balaban J connectivity index is 1.88. The third-order valence-corrected chi connectivity index (χ3v) is 4.40. The molecule has 1 unspecified atom stereocenters. The zero-order chi connectivity index (χ0) is 13.0. The summed E-state index contributed by atoms with van der Waals surface area (Å²) in [6, 6.07) is 10.3. The van der Waals surface area contributed by atoms with Crippen molar-refractivity contribution in [2.45, 2.75) is 38.4 Å². The van der Waals surface area contributed by atoms with Gasteiger partial charge in [-0.3, -0.25) is 0 Å². The van der Waals surface area contributed by atoms with Crippen molar-refractivity contribution in [1.82, 2.24) is 5.32 Å². The fraction of sp³-hybridized carbons (Fsp3) is 0.600. The molecule has 18 heavy (non-hydrogen) atoms. The van der Waals surface area contributed by atoms with E-state index >= 15 is 0 Å². The topological polar surface area (TPSA) is 15.3 Å². The first-order valence-electron chi connectivity index (χ1n) is 6.75. The van der Waals surface area contributed by atoms with Crippen LogP contribution in [0.4, 0.5) is 5.69 Å². The number of nitrogens with zero attached hydrogens (tertiary/aromatic N) is 1. The van der Waals surface area contributed by atoms with Crippen molar-refractivity contribution in [3.05, 3.63) is 29.8 Å². The van der Waals surface area contributed by atoms with Crippen molar-refractivity contribution in [3.63, 3.8) is 0 Å². The second-order valence-electron chi connectivity index (χ2n) is 5.24. The summed E-state index contributed by atoms with van der Waals surface area (Å²) >= 11 is 1.90. The summed E-state index contributed by atoms with van der Waals surface area (Å²) in [5.41, 5.74) is 2.70. The van der Waals surface area contributed by atoms with Crippen LogP contribution >= 0.6 is 11.8 Å². The fourth-order valence-corrected chi connectivity index (χ4v) is 2.71. The fourth-order valence-electron chi connectivity index (χ4n) is 2.01. The Morgan fingerprint density at radius 1 is 1.33 bits per heavy atom. The Labute approximate surface area is 115 Å². The summed E-state index contributed by atoms with van der Waals surface area (Å²) in [4.78, 5) is 2.36. The molecule has 0 saturated heterocycles. The van der Waals surface area contributed by atoms with Gasteiger partial charge in [-0.05, 0) is 43.7 Å². The number of hydrogen-bond donors (Lipinski definition) is 1. The minimum Gasteiger partial charge on any atom is -0.371 e. The van der Waals surface area contributed by atoms with Gasteiger partial charge in [0.15, 0.2) is 0 Å². The first-order valence-corrected chi connectivity index (χ1v) is 8.14. The van der Waals surface area contributed by atoms with E-state index in [1.165, 1.54) is 29.8 Å². The molecule has 2 nitrogen and oxygen atoms in total. The lowest BCUT2D eigenvalue weighted by Gasteiger charge is -2.26. The Morgan fingerprint density at radius 3 is 2.56 bits per heavy atom. The maximum atomic E-state index is 3.55. The molecule has 0 aromatic heterocycles. The minimum absolute atomic E-state index is 0.579. The van der Waals surface area contributed by atoms with E-state index in [1.54, 1.807) is 0 Å². The van der Waals surface area contributed by atoms with Crippen LogP contribution in [0.2, 0.25) is 0 Å². The molecule has 0 amide bonds. The highest BCUT2D eigenvalue weighted by Gasteiger charge is 2.19. The highest BCUT2D eigenvalue weighted by Crippen LogP contribution is 2.21. The third-order valence-electron chi connectivity index (χ3n) is 3.58. The van der Waals surface area contributed by atoms with Crippen molar-refractivity contribution in [3.8, 4) is 0 Å². The number of nitrogens with one attached hydrogen (secondary N) is 1. The molecule has 100 valence electrons. The molecule has 1 fully saturated rings. The summed E-state index contributed by atoms with van der Waals surface area (Å²) in [5.74, 6) is 1.17. The lowest BCUT2D eigenvalue weighted by molar-refractivity contribution is 0.687. The predicted octanol–water partition coefficient (Wildman–Crippen LogP) is 3.13. The lowest BCUT2D eigenvalue weighted by atomic mass is 10.2. The number of hydrogen-bond acceptors (Lipinski definition) is 3. The zero-order valence-electron chi connectivity index (χ0n) is 11.6. The van der Waals surface area contributed by atoms with Crippen molar-refractivity contribution < 1.29 is 0 Å². The molecular weight excluding hydrogens is 240 g/mol. The van der Waals surface area contributed by atoms with Crippen LogP contribution in [-0.2, 0) is 6.54 Å². The molecule has 1 aromatic rings. The van der Waals surface area contributed by atoms with E-state index in [-0.39, 0.29) is 0 Å². The molecule has 1 atom stereocenters. The van der Waals surface area contributed by atoms with Gasteiger partial charge >= 0.3 is 0 Å². The summed E-state index contributed by atoms with van der Waals surface area (Å²) in [5, 5.41) is 3.55. The van der Waals surface area contributed by atoms with Crippen LogP contribution in [0.25, 0.3) is 0 Å². The zero-order valence-corrected chi connectivity index (χ0v) is 12.5. The van der Waals surface area contributed by atoms with E-state index in [0.29, 0.717) is 6.04 Å². The molecule has 1 N–H and O–H groups in total. The largest absolute Gasteiger partial charge is 0.371 e. The summed E-state index contributed by atoms with van der Waals surface area (Å²) in [6.07, 6.45) is 4.87. The molecule has 3 heteroatoms. The predicted molar refractivity (Wildman–Crippen MR) is 82.6 cm³/mol. The van der Waals surface area contributed by atoms with Gasteiger partial charge in [0.2, 0.25) is 0 Å². The van der Waals surface area contributed by atoms with Crippen molar-refractivity contribution in [2.75, 3.05) is 24.0 Å². The Morgan fingerprint density at radius 2 is 2.00 bits per heavy atom. The van der Waals surface area contributed by atoms with E-state index in [4.69, 9.17) is 0 Å². The monoisotopic (exact) mass is 264 g/mol. The van der Waals surface area contributed by atoms with E-state index in [1.807, 2.05) is 11.8 Å². The van der Waals surface area contributed by atoms with Gasteiger partial charge in [-0.2, -0.15) is 11.8 Å². The van der Waals surface area contributed by atoms with Gasteiger partial charge < -0.3 is 10.2 Å². The second kappa shape index (κ2) is 6.48. The Kier molecular flexibility index (Phi) is 4.95. The molecule has 0 heterocycles. The number of benzene rings is 1. The molecule has 0 radical (unpaired) electrons. The van der Waals surface area contributed by atoms with Crippen molar-refractivity contribution in [1.29, 1.82) is 0 Å². The normalized spacial score (nSPS) is 16.6. The van der Waals surface area contributed by atoms with Gasteiger partial charge in [0.05, 0.1) is 0 Å². The van der Waals surface area contributed by atoms with Gasteiger partial charge in [-0.25, -0.2) is 0 Å². The van der Waals surface area contributed by atoms with E-state index in [2.05, 4.69) is 54.7 Å². The standard InChI is InChI=1S/C15H24N2S/c1-12(11-18-3)17(2)15-8-4-13(5-9-15)10-16-14-6-7-14/h4-5,8-9,12,14,16H,6-7,10-11H2,1-3H3. The van der Waals surface area contributed by atoms with Crippen LogP contribution in [0, 0.1) is 0 Å². The second-order valence-corrected chi connectivity index (χ2v) is 6.15. The van der Waals surface area contributed by atoms with Crippen LogP contribution in [0.3, 0.4) is 0 Å². The number of rotatable bonds is 7. The van der Waals surface area contributed by atoms with Gasteiger partial charge in [0.1, 0.15) is 0 Å². The number of anilines is 1. The van der Waals surface area contributed by atoms with Gasteiger partial charge in [-0.15, -0.1) is 0 Å². The quantitative estimate of drug-likeness (QED) is 0.814. The highest BCUT2D eigenvalue weighted by molar-refractivity contribution is 7.98. The average Bonchev–Trinajstić information content (AvgIpc) is 3.20. The molecule has 0 bridgehead atoms. The summed E-state index contributed by atoms with van der Waals surface area (Å²) in [7, 11) is 2.18. The Bertz CT molecular complexity index is 359. The van der Waals surface area contributed by atoms with E-state index in [0.717, 1.165) is 12.6 Å². The van der Waals surface area contributed by atoms with E-state index < -0.39 is 0 Å². The Hall–Kier alpha value is -0.670. The van der Waals surface area contributed by atoms with Crippen LogP contribution in [0.1, 0.15) is 25.3 Å². The van der Waals surface area contributed by atoms with Gasteiger partial charge in [0, 0.05) is 37.1 Å². The van der Waals surface area contributed by atoms with Crippen molar-refractivity contribution in [2.24, 2.45) is 0 Å². The van der Waals surface area contributed by atoms with Gasteiger partial charge in [0.25, 0.3) is 0 Å². The SMILES string of the molecule is CSCC(C)N(C)c1ccc(CNC2CC2)cc1. The van der Waals surface area contributed by atoms with Crippen molar-refractivity contribution >= 4 is 17.4 Å². The van der Waals surface area contributed by atoms with Crippen LogP contribution in [-0.4, -0.2) is 31.1 Å². The first kappa shape index (κ1) is 13.8. The average molecular weight is 264 g/mol. The minimum atomic E-state index is 0.579. The highest BCUT2D eigenvalue weighted by atomic mass is 32.2. The molecule has 1 saturated carbocycles. The molecule has 0 spiro atoms. The molecule has 0 aliphatic heterocycles. The maximum Gasteiger partial charge on any atom is 0.0366 e.